The molecular weight excluding hydrogens is 504 g/mol. The molecule has 0 aliphatic rings. The lowest BCUT2D eigenvalue weighted by Crippen LogP contribution is -2.49. The molecule has 0 bridgehead atoms. The molecule has 0 saturated heterocycles. The molecule has 1 heterocycles. The maximum atomic E-state index is 14.4. The number of methoxy groups -OCH3 is 3. The molecule has 1 amide bonds. The molecule has 1 N–H and O–H groups in total. The van der Waals surface area contributed by atoms with E-state index in [1.807, 2.05) is 0 Å². The Morgan fingerprint density at radius 3 is 2.17 bits per heavy atom. The number of amides is 1. The lowest BCUT2D eigenvalue weighted by atomic mass is 9.84. The average molecular weight is 527 g/mol. The summed E-state index contributed by atoms with van der Waals surface area (Å²) in [5, 5.41) is 2.12. The third-order valence-electron chi connectivity index (χ3n) is 5.71. The van der Waals surface area contributed by atoms with Gasteiger partial charge in [-0.3, -0.25) is 4.79 Å². The van der Waals surface area contributed by atoms with Crippen molar-refractivity contribution >= 4 is 17.5 Å². The molecule has 192 valence electrons. The Morgan fingerprint density at radius 2 is 1.58 bits per heavy atom. The standard InChI is InChI=1S/C25H23ClF4N2O4/c1-24(25(28,29)30,13-31-23(33)15-6-8-18(34-2)20(12-15)36-4)21-10-9-19(35-3)22(32-21)14-5-7-17(27)16(26)11-14/h5-12H,13H2,1-4H3,(H,31,33). The van der Waals surface area contributed by atoms with Crippen LogP contribution in [-0.4, -0.2) is 44.9 Å². The van der Waals surface area contributed by atoms with Gasteiger partial charge >= 0.3 is 6.18 Å². The predicted molar refractivity (Wildman–Crippen MR) is 126 cm³/mol. The van der Waals surface area contributed by atoms with Gasteiger partial charge in [-0.2, -0.15) is 13.2 Å². The molecule has 6 nitrogen and oxygen atoms in total. The van der Waals surface area contributed by atoms with Crippen LogP contribution in [0.15, 0.2) is 48.5 Å². The number of alkyl halides is 3. The number of carbonyl (C=O) groups excluding carboxylic acids is 1. The molecule has 1 atom stereocenters. The Morgan fingerprint density at radius 1 is 0.944 bits per heavy atom. The van der Waals surface area contributed by atoms with E-state index in [1.54, 1.807) is 0 Å². The molecule has 0 aliphatic heterocycles. The van der Waals surface area contributed by atoms with E-state index in [4.69, 9.17) is 25.8 Å². The Kier molecular flexibility index (Phi) is 7.98. The minimum atomic E-state index is -4.79. The second kappa shape index (κ2) is 10.6. The zero-order valence-electron chi connectivity index (χ0n) is 19.8. The van der Waals surface area contributed by atoms with Crippen molar-refractivity contribution in [3.63, 3.8) is 0 Å². The van der Waals surface area contributed by atoms with Crippen molar-refractivity contribution < 1.29 is 36.6 Å². The number of rotatable bonds is 8. The van der Waals surface area contributed by atoms with E-state index in [0.717, 1.165) is 13.0 Å². The van der Waals surface area contributed by atoms with Gasteiger partial charge in [-0.1, -0.05) is 11.6 Å². The molecule has 0 aliphatic carbocycles. The summed E-state index contributed by atoms with van der Waals surface area (Å²) in [6.45, 7) is 0.116. The summed E-state index contributed by atoms with van der Waals surface area (Å²) in [6, 6.07) is 10.4. The first-order valence-electron chi connectivity index (χ1n) is 10.5. The summed E-state index contributed by atoms with van der Waals surface area (Å²) in [6.07, 6.45) is -4.79. The first-order valence-corrected chi connectivity index (χ1v) is 10.9. The van der Waals surface area contributed by atoms with Crippen LogP contribution in [0.4, 0.5) is 17.6 Å². The third-order valence-corrected chi connectivity index (χ3v) is 6.00. The van der Waals surface area contributed by atoms with E-state index < -0.39 is 29.9 Å². The second-order valence-corrected chi connectivity index (χ2v) is 8.37. The van der Waals surface area contributed by atoms with Crippen molar-refractivity contribution in [2.45, 2.75) is 18.5 Å². The molecule has 11 heteroatoms. The molecule has 0 radical (unpaired) electrons. The van der Waals surface area contributed by atoms with Crippen LogP contribution in [0.1, 0.15) is 23.0 Å². The number of ether oxygens (including phenoxy) is 3. The monoisotopic (exact) mass is 526 g/mol. The highest BCUT2D eigenvalue weighted by molar-refractivity contribution is 6.31. The summed E-state index contributed by atoms with van der Waals surface area (Å²) in [5.41, 5.74) is -2.57. The minimum absolute atomic E-state index is 0.0404. The number of aromatic nitrogens is 1. The van der Waals surface area contributed by atoms with Gasteiger partial charge in [0.1, 0.15) is 22.7 Å². The van der Waals surface area contributed by atoms with Gasteiger partial charge in [0.25, 0.3) is 5.91 Å². The van der Waals surface area contributed by atoms with E-state index in [2.05, 4.69) is 10.3 Å². The van der Waals surface area contributed by atoms with Gasteiger partial charge in [0.2, 0.25) is 0 Å². The summed E-state index contributed by atoms with van der Waals surface area (Å²) < 4.78 is 72.2. The predicted octanol–water partition coefficient (Wildman–Crippen LogP) is 5.82. The molecule has 0 saturated carbocycles. The van der Waals surface area contributed by atoms with Gasteiger partial charge in [-0.15, -0.1) is 0 Å². The Labute approximate surface area is 210 Å². The van der Waals surface area contributed by atoms with Crippen LogP contribution < -0.4 is 19.5 Å². The Balaban J connectivity index is 1.98. The van der Waals surface area contributed by atoms with Crippen molar-refractivity contribution in [3.05, 3.63) is 70.6 Å². The molecule has 3 aromatic rings. The smallest absolute Gasteiger partial charge is 0.401 e. The molecular formula is C25H23ClF4N2O4. The van der Waals surface area contributed by atoms with Crippen molar-refractivity contribution in [1.29, 1.82) is 0 Å². The molecule has 2 aromatic carbocycles. The van der Waals surface area contributed by atoms with E-state index in [0.29, 0.717) is 5.75 Å². The van der Waals surface area contributed by atoms with E-state index >= 15 is 0 Å². The van der Waals surface area contributed by atoms with Gasteiger partial charge < -0.3 is 19.5 Å². The van der Waals surface area contributed by atoms with Gasteiger partial charge in [0.05, 0.1) is 32.0 Å². The Bertz CT molecular complexity index is 1270. The van der Waals surface area contributed by atoms with Crippen LogP contribution in [0.25, 0.3) is 11.3 Å². The molecule has 36 heavy (non-hydrogen) atoms. The first kappa shape index (κ1) is 27.1. The summed E-state index contributed by atoms with van der Waals surface area (Å²) in [4.78, 5) is 16.9. The highest BCUT2D eigenvalue weighted by Crippen LogP contribution is 2.42. The number of hydrogen-bond donors (Lipinski definition) is 1. The lowest BCUT2D eigenvalue weighted by molar-refractivity contribution is -0.184. The van der Waals surface area contributed by atoms with E-state index in [1.165, 1.54) is 63.8 Å². The summed E-state index contributed by atoms with van der Waals surface area (Å²) in [5.74, 6) is -0.646. The fourth-order valence-electron chi connectivity index (χ4n) is 3.44. The van der Waals surface area contributed by atoms with E-state index in [9.17, 15) is 22.4 Å². The lowest BCUT2D eigenvalue weighted by Gasteiger charge is -2.32. The third kappa shape index (κ3) is 5.33. The normalized spacial score (nSPS) is 13.0. The van der Waals surface area contributed by atoms with Crippen LogP contribution in [0, 0.1) is 5.82 Å². The minimum Gasteiger partial charge on any atom is -0.494 e. The van der Waals surface area contributed by atoms with Gasteiger partial charge in [0.15, 0.2) is 11.5 Å². The van der Waals surface area contributed by atoms with Crippen molar-refractivity contribution in [1.82, 2.24) is 10.3 Å². The topological polar surface area (TPSA) is 69.7 Å². The quantitative estimate of drug-likeness (QED) is 0.375. The largest absolute Gasteiger partial charge is 0.494 e. The number of carbonyl (C=O) groups is 1. The van der Waals surface area contributed by atoms with Crippen molar-refractivity contribution in [2.75, 3.05) is 27.9 Å². The Hall–Kier alpha value is -3.53. The van der Waals surface area contributed by atoms with Crippen molar-refractivity contribution in [3.8, 4) is 28.5 Å². The zero-order chi connectivity index (χ0) is 26.7. The van der Waals surface area contributed by atoms with Crippen LogP contribution in [-0.2, 0) is 5.41 Å². The second-order valence-electron chi connectivity index (χ2n) is 7.96. The number of pyridine rings is 1. The zero-order valence-corrected chi connectivity index (χ0v) is 20.6. The maximum Gasteiger partial charge on any atom is 0.401 e. The molecule has 3 rings (SSSR count). The molecule has 0 spiro atoms. The number of nitrogens with one attached hydrogen (secondary N) is 1. The van der Waals surface area contributed by atoms with Crippen LogP contribution >= 0.6 is 11.6 Å². The van der Waals surface area contributed by atoms with Crippen molar-refractivity contribution in [2.24, 2.45) is 0 Å². The highest BCUT2D eigenvalue weighted by Gasteiger charge is 2.53. The molecule has 0 fully saturated rings. The summed E-state index contributed by atoms with van der Waals surface area (Å²) >= 11 is 5.86. The highest BCUT2D eigenvalue weighted by atomic mass is 35.5. The molecule has 1 unspecified atom stereocenters. The maximum absolute atomic E-state index is 14.4. The summed E-state index contributed by atoms with van der Waals surface area (Å²) in [7, 11) is 4.13. The molecule has 1 aromatic heterocycles. The first-order chi connectivity index (χ1) is 16.9. The number of benzene rings is 2. The van der Waals surface area contributed by atoms with E-state index in [-0.39, 0.29) is 39.0 Å². The van der Waals surface area contributed by atoms with Crippen LogP contribution in [0.3, 0.4) is 0 Å². The fraction of sp³-hybridized carbons (Fsp3) is 0.280. The average Bonchev–Trinajstić information content (AvgIpc) is 2.87. The number of halogens is 5. The van der Waals surface area contributed by atoms with Crippen LogP contribution in [0.2, 0.25) is 5.02 Å². The SMILES string of the molecule is COc1ccc(C(=O)NCC(C)(c2ccc(OC)c(-c3ccc(F)c(Cl)c3)n2)C(F)(F)F)cc1OC. The number of hydrogen-bond acceptors (Lipinski definition) is 5. The van der Waals surface area contributed by atoms with Gasteiger partial charge in [0, 0.05) is 17.7 Å². The van der Waals surface area contributed by atoms with Gasteiger partial charge in [-0.25, -0.2) is 9.37 Å². The number of nitrogens with zero attached hydrogens (tertiary/aromatic N) is 1. The fourth-order valence-corrected chi connectivity index (χ4v) is 3.62. The van der Waals surface area contributed by atoms with Gasteiger partial charge in [-0.05, 0) is 55.5 Å². The van der Waals surface area contributed by atoms with Crippen LogP contribution in [0.5, 0.6) is 17.2 Å².